The molecule has 0 fully saturated rings. The third-order valence-electron chi connectivity index (χ3n) is 1.13. The van der Waals surface area contributed by atoms with Gasteiger partial charge in [-0.05, 0) is 16.7 Å². The van der Waals surface area contributed by atoms with Crippen LogP contribution in [0.2, 0.25) is 0 Å². The summed E-state index contributed by atoms with van der Waals surface area (Å²) >= 11 is 0. The van der Waals surface area contributed by atoms with Crippen molar-refractivity contribution in [3.63, 3.8) is 0 Å². The predicted octanol–water partition coefficient (Wildman–Crippen LogP) is 1.54. The fourth-order valence-corrected chi connectivity index (χ4v) is 1.28. The van der Waals surface area contributed by atoms with Crippen molar-refractivity contribution in [2.45, 2.75) is 0 Å². The van der Waals surface area contributed by atoms with Gasteiger partial charge in [0.05, 0.1) is 7.11 Å². The molecule has 2 nitrogen and oxygen atoms in total. The maximum Gasteiger partial charge on any atom is 2.00 e. The summed E-state index contributed by atoms with van der Waals surface area (Å²) in [4.78, 5) is 0. The average Bonchev–Trinajstić information content (AvgIpc) is 2.05. The Labute approximate surface area is 99.8 Å². The molecule has 0 aliphatic carbocycles. The van der Waals surface area contributed by atoms with Gasteiger partial charge in [0.25, 0.3) is 0 Å². The Hall–Kier alpha value is 0.540. The van der Waals surface area contributed by atoms with Crippen molar-refractivity contribution in [1.82, 2.24) is 0 Å². The minimum Gasteiger partial charge on any atom is -1.00 e. The maximum absolute atomic E-state index is 10.9. The normalized spacial score (nSPS) is 10.1. The Bertz CT molecular complexity index is 233. The molecule has 0 N–H and O–H groups in total. The van der Waals surface area contributed by atoms with Crippen LogP contribution in [-0.2, 0) is 9.09 Å². The second-order valence-corrected chi connectivity index (χ2v) is 3.17. The summed E-state index contributed by atoms with van der Waals surface area (Å²) in [5.74, 6) is 0. The Balaban J connectivity index is -0.000000333. The largest absolute Gasteiger partial charge is 2.00 e. The third kappa shape index (κ3) is 3.64. The molecular weight excluding hydrogens is 187 g/mol. The molecule has 11 heavy (non-hydrogen) atoms. The summed E-state index contributed by atoms with van der Waals surface area (Å²) in [5, 5.41) is 0.736. The van der Waals surface area contributed by atoms with Gasteiger partial charge in [0.2, 0.25) is 5.30 Å². The van der Waals surface area contributed by atoms with E-state index in [4.69, 9.17) is 0 Å². The molecule has 0 aliphatic rings. The van der Waals surface area contributed by atoms with E-state index in [1.54, 1.807) is 12.1 Å². The van der Waals surface area contributed by atoms with Crippen LogP contribution in [0.15, 0.2) is 30.3 Å². The Kier molecular flexibility index (Phi) is 6.40. The van der Waals surface area contributed by atoms with E-state index >= 15 is 0 Å². The van der Waals surface area contributed by atoms with Crippen LogP contribution in [0.25, 0.3) is 0 Å². The Morgan fingerprint density at radius 1 is 1.36 bits per heavy atom. The van der Waals surface area contributed by atoms with Crippen LogP contribution in [0.5, 0.6) is 0 Å². The summed E-state index contributed by atoms with van der Waals surface area (Å²) < 4.78 is 15.6. The van der Waals surface area contributed by atoms with Crippen LogP contribution in [0, 0.1) is 0 Å². The fourth-order valence-electron chi connectivity index (χ4n) is 0.655. The molecule has 1 unspecified atom stereocenters. The van der Waals surface area contributed by atoms with Crippen molar-refractivity contribution in [3.8, 4) is 0 Å². The number of hydrogen-bond acceptors (Lipinski definition) is 2. The maximum atomic E-state index is 10.9. The smallest absolute Gasteiger partial charge is 1.00 e. The van der Waals surface area contributed by atoms with Crippen LogP contribution in [0.1, 0.15) is 2.85 Å². The molecule has 1 aromatic carbocycles. The molecule has 0 aliphatic heterocycles. The summed E-state index contributed by atoms with van der Waals surface area (Å²) in [5.41, 5.74) is 0. The number of benzene rings is 1. The first-order chi connectivity index (χ1) is 4.84. The van der Waals surface area contributed by atoms with Gasteiger partial charge in [-0.1, -0.05) is 18.2 Å². The van der Waals surface area contributed by atoms with Gasteiger partial charge in [-0.2, -0.15) is 0 Å². The molecule has 0 spiro atoms. The van der Waals surface area contributed by atoms with Gasteiger partial charge in [0, 0.05) is 0 Å². The van der Waals surface area contributed by atoms with Gasteiger partial charge >= 0.3 is 45.8 Å². The molecule has 0 aromatic heterocycles. The minimum absolute atomic E-state index is 0. The molecule has 0 radical (unpaired) electrons. The first-order valence-corrected chi connectivity index (χ1v) is 4.09. The number of hydrogen-bond donors (Lipinski definition) is 0. The Morgan fingerprint density at radius 2 is 1.91 bits per heavy atom. The van der Waals surface area contributed by atoms with Crippen LogP contribution in [0.3, 0.4) is 0 Å². The zero-order valence-corrected chi connectivity index (χ0v) is 9.46. The van der Waals surface area contributed by atoms with Gasteiger partial charge in [-0.3, -0.25) is 0 Å². The van der Waals surface area contributed by atoms with Gasteiger partial charge in [0.15, 0.2) is 0 Å². The second-order valence-electron chi connectivity index (χ2n) is 1.78. The van der Waals surface area contributed by atoms with E-state index in [0.717, 1.165) is 5.30 Å². The van der Waals surface area contributed by atoms with Crippen molar-refractivity contribution in [1.29, 1.82) is 0 Å². The molecule has 1 atom stereocenters. The van der Waals surface area contributed by atoms with E-state index in [9.17, 15) is 4.57 Å². The molecule has 4 heteroatoms. The van der Waals surface area contributed by atoms with Gasteiger partial charge in [0.1, 0.15) is 0 Å². The zero-order chi connectivity index (χ0) is 7.40. The molecule has 0 amide bonds. The summed E-state index contributed by atoms with van der Waals surface area (Å²) in [7, 11) is -0.187. The monoisotopic (exact) mass is 197 g/mol. The van der Waals surface area contributed by atoms with Gasteiger partial charge < -0.3 is 2.85 Å². The molecule has 0 saturated heterocycles. The van der Waals surface area contributed by atoms with E-state index in [-0.39, 0.29) is 40.6 Å². The number of rotatable bonds is 2. The van der Waals surface area contributed by atoms with E-state index in [1.165, 1.54) is 7.11 Å². The van der Waals surface area contributed by atoms with Crippen molar-refractivity contribution in [3.05, 3.63) is 30.3 Å². The van der Waals surface area contributed by atoms with E-state index in [2.05, 4.69) is 4.52 Å². The van der Waals surface area contributed by atoms with E-state index in [0.29, 0.717) is 0 Å². The summed E-state index contributed by atoms with van der Waals surface area (Å²) in [6, 6.07) is 9.11. The first kappa shape index (κ1) is 11.5. The molecule has 1 aromatic rings. The fraction of sp³-hybridized carbons (Fsp3) is 0.143. The average molecular weight is 197 g/mol. The minimum atomic E-state index is -1.62. The third-order valence-corrected chi connectivity index (χ3v) is 2.18. The molecule has 0 bridgehead atoms. The van der Waals surface area contributed by atoms with Crippen LogP contribution < -0.4 is 5.30 Å². The topological polar surface area (TPSA) is 26.3 Å². The zero-order valence-electron chi connectivity index (χ0n) is 8.36. The molecule has 0 heterocycles. The molecule has 56 valence electrons. The van der Waals surface area contributed by atoms with Crippen LogP contribution in [-0.4, -0.2) is 44.8 Å². The van der Waals surface area contributed by atoms with Crippen molar-refractivity contribution in [2.24, 2.45) is 0 Å². The van der Waals surface area contributed by atoms with E-state index in [1.807, 2.05) is 18.2 Å². The van der Waals surface area contributed by atoms with Gasteiger partial charge in [-0.15, -0.1) is 4.52 Å². The molecule has 1 rings (SSSR count). The van der Waals surface area contributed by atoms with Crippen LogP contribution in [0.4, 0.5) is 0 Å². The van der Waals surface area contributed by atoms with E-state index < -0.39 is 8.03 Å². The van der Waals surface area contributed by atoms with Crippen molar-refractivity contribution < 1.29 is 11.9 Å². The Morgan fingerprint density at radius 3 is 2.36 bits per heavy atom. The molecular formula is C7H10CaO2P+. The second kappa shape index (κ2) is 6.10. The summed E-state index contributed by atoms with van der Waals surface area (Å²) in [6.45, 7) is 0. The quantitative estimate of drug-likeness (QED) is 0.531. The van der Waals surface area contributed by atoms with Gasteiger partial charge in [-0.25, -0.2) is 0 Å². The SMILES string of the molecule is CO[P+](=O)c1ccccc1.[Ca+2].[H-].[H-]. The summed E-state index contributed by atoms with van der Waals surface area (Å²) in [6.07, 6.45) is 0. The van der Waals surface area contributed by atoms with Crippen molar-refractivity contribution >= 4 is 51.1 Å². The molecule has 0 saturated carbocycles. The van der Waals surface area contributed by atoms with Crippen molar-refractivity contribution in [2.75, 3.05) is 7.11 Å². The predicted molar refractivity (Wildman–Crippen MR) is 48.7 cm³/mol. The van der Waals surface area contributed by atoms with Crippen LogP contribution >= 0.6 is 8.03 Å². The standard InChI is InChI=1S/C7H8O2P.Ca.2H/c1-9-10(8)7-5-3-2-4-6-7;;;/h2-6H,1H3;;;/q+1;+2;2*-1. The first-order valence-electron chi connectivity index (χ1n) is 2.91.